The molecule has 1 amide bonds. The zero-order chi connectivity index (χ0) is 21.9. The maximum Gasteiger partial charge on any atom is 0.296 e. The topological polar surface area (TPSA) is 81.6 Å². The number of carbonyl (C=O) groups excluding carboxylic acids is 2. The smallest absolute Gasteiger partial charge is 0.296 e. The van der Waals surface area contributed by atoms with Gasteiger partial charge in [-0.05, 0) is 37.5 Å². The van der Waals surface area contributed by atoms with Crippen molar-refractivity contribution in [2.45, 2.75) is 44.4 Å². The van der Waals surface area contributed by atoms with Gasteiger partial charge in [-0.3, -0.25) is 14.5 Å². The predicted molar refractivity (Wildman–Crippen MR) is 116 cm³/mol. The summed E-state index contributed by atoms with van der Waals surface area (Å²) in [6.07, 6.45) is 1.64. The van der Waals surface area contributed by atoms with Crippen LogP contribution in [0.15, 0.2) is 29.5 Å². The molecule has 4 atom stereocenters. The van der Waals surface area contributed by atoms with Gasteiger partial charge in [0.15, 0.2) is 11.5 Å². The van der Waals surface area contributed by atoms with Crippen LogP contribution in [0.3, 0.4) is 0 Å². The summed E-state index contributed by atoms with van der Waals surface area (Å²) in [4.78, 5) is 28.6. The molecule has 3 heterocycles. The quantitative estimate of drug-likeness (QED) is 0.653. The van der Waals surface area contributed by atoms with E-state index in [1.807, 2.05) is 6.92 Å². The van der Waals surface area contributed by atoms with E-state index >= 15 is 0 Å². The Hall–Kier alpha value is -2.00. The molecule has 1 fully saturated rings. The van der Waals surface area contributed by atoms with Crippen LogP contribution in [0.25, 0.3) is 0 Å². The van der Waals surface area contributed by atoms with E-state index in [1.54, 1.807) is 25.3 Å². The average molecular weight is 480 g/mol. The second kappa shape index (κ2) is 7.85. The number of hydrogen-bond acceptors (Lipinski definition) is 7. The van der Waals surface area contributed by atoms with E-state index in [2.05, 4.69) is 10.2 Å². The monoisotopic (exact) mass is 479 g/mol. The van der Waals surface area contributed by atoms with Crippen LogP contribution in [0.1, 0.15) is 35.9 Å². The maximum atomic E-state index is 13.7. The number of benzene rings is 1. The van der Waals surface area contributed by atoms with Crippen LogP contribution in [0.4, 0.5) is 5.13 Å². The molecule has 0 saturated heterocycles. The summed E-state index contributed by atoms with van der Waals surface area (Å²) in [7, 11) is 1.65. The summed E-state index contributed by atoms with van der Waals surface area (Å²) in [5.41, 5.74) is 1.02. The molecule has 31 heavy (non-hydrogen) atoms. The summed E-state index contributed by atoms with van der Waals surface area (Å²) in [5, 5.41) is 10.1. The first kappa shape index (κ1) is 20.9. The lowest BCUT2D eigenvalue weighted by Crippen LogP contribution is -2.43. The van der Waals surface area contributed by atoms with E-state index in [-0.39, 0.29) is 29.7 Å². The Morgan fingerprint density at radius 3 is 2.68 bits per heavy atom. The summed E-state index contributed by atoms with van der Waals surface area (Å²) in [5.74, 6) is -0.672. The Kier molecular flexibility index (Phi) is 5.29. The number of ketones is 1. The first-order chi connectivity index (χ1) is 14.9. The van der Waals surface area contributed by atoms with E-state index < -0.39 is 11.9 Å². The highest BCUT2D eigenvalue weighted by Crippen LogP contribution is 2.49. The first-order valence-corrected chi connectivity index (χ1v) is 11.5. The molecule has 3 aliphatic rings. The van der Waals surface area contributed by atoms with Crippen LogP contribution in [0.5, 0.6) is 0 Å². The number of aryl methyl sites for hydroxylation is 1. The first-order valence-electron chi connectivity index (χ1n) is 9.95. The number of Topliss-reactive ketones (excluding diaryl/α,β-unsaturated/α-hetero) is 1. The molecule has 2 aliphatic heterocycles. The van der Waals surface area contributed by atoms with Crippen molar-refractivity contribution in [1.82, 2.24) is 10.2 Å². The van der Waals surface area contributed by atoms with Crippen molar-refractivity contribution in [3.63, 3.8) is 0 Å². The second-order valence-corrected chi connectivity index (χ2v) is 9.87. The molecule has 4 unspecified atom stereocenters. The third kappa shape index (κ3) is 3.36. The minimum Gasteiger partial charge on any atom is -0.483 e. The molecule has 10 heteroatoms. The molecule has 1 aromatic carbocycles. The van der Waals surface area contributed by atoms with Crippen molar-refractivity contribution in [3.8, 4) is 0 Å². The Bertz CT molecular complexity index is 1120. The van der Waals surface area contributed by atoms with Gasteiger partial charge < -0.3 is 9.47 Å². The third-order valence-corrected chi connectivity index (χ3v) is 7.70. The average Bonchev–Trinajstić information content (AvgIpc) is 3.31. The minimum absolute atomic E-state index is 0.0143. The molecule has 5 rings (SSSR count). The second-order valence-electron chi connectivity index (χ2n) is 7.90. The van der Waals surface area contributed by atoms with Crippen LogP contribution in [-0.2, 0) is 19.1 Å². The summed E-state index contributed by atoms with van der Waals surface area (Å²) < 4.78 is 11.7. The molecule has 1 saturated carbocycles. The van der Waals surface area contributed by atoms with Crippen LogP contribution >= 0.6 is 34.5 Å². The zero-order valence-electron chi connectivity index (χ0n) is 16.8. The van der Waals surface area contributed by atoms with Gasteiger partial charge in [-0.2, -0.15) is 0 Å². The van der Waals surface area contributed by atoms with Crippen molar-refractivity contribution in [1.29, 1.82) is 0 Å². The number of amides is 1. The highest BCUT2D eigenvalue weighted by molar-refractivity contribution is 7.15. The highest BCUT2D eigenvalue weighted by Gasteiger charge is 2.54. The van der Waals surface area contributed by atoms with Crippen LogP contribution < -0.4 is 4.90 Å². The van der Waals surface area contributed by atoms with Crippen molar-refractivity contribution < 1.29 is 19.1 Å². The maximum absolute atomic E-state index is 13.7. The lowest BCUT2D eigenvalue weighted by molar-refractivity contribution is -0.135. The summed E-state index contributed by atoms with van der Waals surface area (Å²) in [6, 6.07) is 4.41. The Labute approximate surface area is 192 Å². The molecular weight excluding hydrogens is 461 g/mol. The lowest BCUT2D eigenvalue weighted by atomic mass is 9.76. The van der Waals surface area contributed by atoms with Gasteiger partial charge in [-0.1, -0.05) is 40.6 Å². The number of carbonyl (C=O) groups is 2. The molecule has 7 nitrogen and oxygen atoms in total. The van der Waals surface area contributed by atoms with Crippen LogP contribution in [0, 0.1) is 12.8 Å². The van der Waals surface area contributed by atoms with E-state index in [1.165, 1.54) is 16.2 Å². The van der Waals surface area contributed by atoms with Gasteiger partial charge in [0.25, 0.3) is 5.91 Å². The Balaban J connectivity index is 1.63. The molecule has 0 radical (unpaired) electrons. The number of hydrogen-bond donors (Lipinski definition) is 0. The largest absolute Gasteiger partial charge is 0.483 e. The standard InChI is InChI=1S/C21H19Cl2N3O4S/c1-9-24-25-21(31-9)26-17(10-3-6-13(22)14(23)7-10)16-18(27)12-5-4-11(29-2)8-15(12)30-19(16)20(26)28/h3,6-7,11-12,15,17H,4-5,8H2,1-2H3. The number of halogens is 2. The van der Waals surface area contributed by atoms with Crippen LogP contribution in [-0.4, -0.2) is 41.2 Å². The number of fused-ring (bicyclic) bond motifs is 1. The molecule has 1 aliphatic carbocycles. The zero-order valence-corrected chi connectivity index (χ0v) is 19.1. The minimum atomic E-state index is -0.696. The molecule has 0 bridgehead atoms. The fourth-order valence-corrected chi connectivity index (χ4v) is 5.64. The van der Waals surface area contributed by atoms with Gasteiger partial charge in [-0.25, -0.2) is 0 Å². The van der Waals surface area contributed by atoms with E-state index in [0.29, 0.717) is 44.2 Å². The number of rotatable bonds is 3. The van der Waals surface area contributed by atoms with Crippen LogP contribution in [0.2, 0.25) is 10.0 Å². The third-order valence-electron chi connectivity index (χ3n) is 6.12. The fraction of sp³-hybridized carbons (Fsp3) is 0.429. The number of methoxy groups -OCH3 is 1. The highest BCUT2D eigenvalue weighted by atomic mass is 35.5. The molecule has 1 aromatic heterocycles. The van der Waals surface area contributed by atoms with Gasteiger partial charge in [0.1, 0.15) is 11.1 Å². The van der Waals surface area contributed by atoms with Crippen molar-refractivity contribution >= 4 is 51.4 Å². The number of nitrogens with zero attached hydrogens (tertiary/aromatic N) is 3. The molecule has 0 spiro atoms. The number of anilines is 1. The van der Waals surface area contributed by atoms with Gasteiger partial charge >= 0.3 is 0 Å². The fourth-order valence-electron chi connectivity index (χ4n) is 4.62. The van der Waals surface area contributed by atoms with E-state index in [0.717, 1.165) is 6.42 Å². The van der Waals surface area contributed by atoms with Crippen molar-refractivity contribution in [3.05, 3.63) is 50.1 Å². The van der Waals surface area contributed by atoms with Crippen molar-refractivity contribution in [2.24, 2.45) is 5.92 Å². The Morgan fingerprint density at radius 2 is 2.00 bits per heavy atom. The van der Waals surface area contributed by atoms with Gasteiger partial charge in [-0.15, -0.1) is 10.2 Å². The number of aromatic nitrogens is 2. The SMILES string of the molecule is COC1CCC2C(=O)C3=C(OC2C1)C(=O)N(c1nnc(C)s1)C3c1ccc(Cl)c(Cl)c1. The van der Waals surface area contributed by atoms with E-state index in [4.69, 9.17) is 32.7 Å². The Morgan fingerprint density at radius 1 is 1.19 bits per heavy atom. The van der Waals surface area contributed by atoms with Gasteiger partial charge in [0, 0.05) is 13.5 Å². The van der Waals surface area contributed by atoms with Gasteiger partial charge in [0.05, 0.1) is 33.7 Å². The van der Waals surface area contributed by atoms with Crippen molar-refractivity contribution in [2.75, 3.05) is 12.0 Å². The summed E-state index contributed by atoms with van der Waals surface area (Å²) >= 11 is 13.7. The van der Waals surface area contributed by atoms with E-state index in [9.17, 15) is 9.59 Å². The predicted octanol–water partition coefficient (Wildman–Crippen LogP) is 4.28. The molecule has 2 aromatic rings. The number of ether oxygens (including phenoxy) is 2. The molecule has 162 valence electrons. The molecular formula is C21H19Cl2N3O4S. The normalized spacial score (nSPS) is 27.9. The van der Waals surface area contributed by atoms with Gasteiger partial charge in [0.2, 0.25) is 5.13 Å². The lowest BCUT2D eigenvalue weighted by Gasteiger charge is -2.38. The summed E-state index contributed by atoms with van der Waals surface area (Å²) in [6.45, 7) is 1.81. The molecule has 0 N–H and O–H groups in total.